The zero-order valence-electron chi connectivity index (χ0n) is 12.0. The summed E-state index contributed by atoms with van der Waals surface area (Å²) < 4.78 is 0. The summed E-state index contributed by atoms with van der Waals surface area (Å²) in [6.07, 6.45) is 3.70. The van der Waals surface area contributed by atoms with Crippen molar-refractivity contribution < 1.29 is 9.90 Å². The fourth-order valence-electron chi connectivity index (χ4n) is 2.55. The van der Waals surface area contributed by atoms with Gasteiger partial charge in [-0.1, -0.05) is 38.3 Å². The van der Waals surface area contributed by atoms with Gasteiger partial charge in [0.25, 0.3) is 0 Å². The van der Waals surface area contributed by atoms with Crippen molar-refractivity contribution in [2.75, 3.05) is 5.32 Å². The van der Waals surface area contributed by atoms with Gasteiger partial charge < -0.3 is 10.4 Å². The highest BCUT2D eigenvalue weighted by atomic mass is 16.3. The molecule has 1 aliphatic heterocycles. The fraction of sp³-hybridized carbons (Fsp3) is 0.562. The maximum Gasteiger partial charge on any atom is 0.234 e. The minimum Gasteiger partial charge on any atom is -0.388 e. The van der Waals surface area contributed by atoms with Crippen molar-refractivity contribution in [2.45, 2.75) is 58.0 Å². The van der Waals surface area contributed by atoms with Gasteiger partial charge in [-0.25, -0.2) is 0 Å². The Morgan fingerprint density at radius 2 is 2.05 bits per heavy atom. The molecule has 3 heteroatoms. The second kappa shape index (κ2) is 5.33. The zero-order chi connectivity index (χ0) is 14.0. The summed E-state index contributed by atoms with van der Waals surface area (Å²) in [7, 11) is 0. The average Bonchev–Trinajstić information content (AvgIpc) is 2.60. The Bertz CT molecular complexity index is 480. The number of aliphatic hydroxyl groups excluding tert-OH is 1. The summed E-state index contributed by atoms with van der Waals surface area (Å²) in [4.78, 5) is 11.9. The lowest BCUT2D eigenvalue weighted by atomic mass is 9.84. The van der Waals surface area contributed by atoms with Gasteiger partial charge in [0.05, 0.1) is 11.5 Å². The predicted molar refractivity (Wildman–Crippen MR) is 77.2 cm³/mol. The first-order valence-electron chi connectivity index (χ1n) is 7.10. The summed E-state index contributed by atoms with van der Waals surface area (Å²) in [6.45, 7) is 5.99. The van der Waals surface area contributed by atoms with Crippen LogP contribution < -0.4 is 5.32 Å². The molecule has 0 aromatic heterocycles. The van der Waals surface area contributed by atoms with E-state index in [9.17, 15) is 9.90 Å². The van der Waals surface area contributed by atoms with Crippen LogP contribution in [-0.4, -0.2) is 11.0 Å². The van der Waals surface area contributed by atoms with Gasteiger partial charge in [0, 0.05) is 5.69 Å². The number of anilines is 1. The van der Waals surface area contributed by atoms with Gasteiger partial charge in [0.15, 0.2) is 0 Å². The molecule has 0 saturated heterocycles. The van der Waals surface area contributed by atoms with E-state index in [1.807, 2.05) is 32.0 Å². The highest BCUT2D eigenvalue weighted by Gasteiger charge is 2.38. The molecule has 1 atom stereocenters. The Labute approximate surface area is 115 Å². The Morgan fingerprint density at radius 1 is 1.32 bits per heavy atom. The van der Waals surface area contributed by atoms with Crippen molar-refractivity contribution in [3.63, 3.8) is 0 Å². The van der Waals surface area contributed by atoms with Crippen molar-refractivity contribution in [3.8, 4) is 0 Å². The van der Waals surface area contributed by atoms with Gasteiger partial charge in [0.2, 0.25) is 5.91 Å². The normalized spacial score (nSPS) is 18.0. The fourth-order valence-corrected chi connectivity index (χ4v) is 2.55. The van der Waals surface area contributed by atoms with Crippen molar-refractivity contribution in [2.24, 2.45) is 0 Å². The predicted octanol–water partition coefficient (Wildman–Crippen LogP) is 3.53. The van der Waals surface area contributed by atoms with E-state index in [1.165, 1.54) is 0 Å². The number of amides is 1. The highest BCUT2D eigenvalue weighted by molar-refractivity contribution is 6.05. The van der Waals surface area contributed by atoms with E-state index < -0.39 is 11.5 Å². The van der Waals surface area contributed by atoms with E-state index in [0.29, 0.717) is 0 Å². The molecule has 0 spiro atoms. The molecule has 1 aliphatic rings. The molecule has 0 bridgehead atoms. The maximum atomic E-state index is 11.9. The Morgan fingerprint density at radius 3 is 2.74 bits per heavy atom. The quantitative estimate of drug-likeness (QED) is 0.797. The van der Waals surface area contributed by atoms with E-state index in [4.69, 9.17) is 0 Å². The number of carbonyl (C=O) groups is 1. The number of rotatable bonds is 5. The zero-order valence-corrected chi connectivity index (χ0v) is 12.0. The second-order valence-electron chi connectivity index (χ2n) is 5.90. The number of unbranched alkanes of at least 4 members (excludes halogenated alkanes) is 2. The molecule has 1 amide bonds. The van der Waals surface area contributed by atoms with Crippen molar-refractivity contribution in [1.82, 2.24) is 0 Å². The van der Waals surface area contributed by atoms with Crippen LogP contribution in [0.1, 0.15) is 63.7 Å². The van der Waals surface area contributed by atoms with Crippen LogP contribution in [-0.2, 0) is 10.2 Å². The third-order valence-electron chi connectivity index (χ3n) is 4.00. The lowest BCUT2D eigenvalue weighted by Crippen LogP contribution is -2.26. The maximum absolute atomic E-state index is 11.9. The first-order chi connectivity index (χ1) is 8.96. The largest absolute Gasteiger partial charge is 0.388 e. The molecule has 1 aromatic rings. The second-order valence-corrected chi connectivity index (χ2v) is 5.90. The number of hydrogen-bond acceptors (Lipinski definition) is 2. The molecule has 0 saturated carbocycles. The molecule has 104 valence electrons. The van der Waals surface area contributed by atoms with E-state index in [2.05, 4.69) is 12.2 Å². The van der Waals surface area contributed by atoms with Crippen LogP contribution >= 0.6 is 0 Å². The molecular formula is C16H23NO2. The molecule has 2 N–H and O–H groups in total. The first kappa shape index (κ1) is 14.1. The van der Waals surface area contributed by atoms with Gasteiger partial charge in [-0.2, -0.15) is 0 Å². The summed E-state index contributed by atoms with van der Waals surface area (Å²) in [6, 6.07) is 5.79. The van der Waals surface area contributed by atoms with Crippen LogP contribution in [0.4, 0.5) is 5.69 Å². The van der Waals surface area contributed by atoms with Crippen molar-refractivity contribution >= 4 is 11.6 Å². The summed E-state index contributed by atoms with van der Waals surface area (Å²) >= 11 is 0. The number of fused-ring (bicyclic) bond motifs is 1. The van der Waals surface area contributed by atoms with Crippen LogP contribution in [0.3, 0.4) is 0 Å². The number of aliphatic hydroxyl groups is 1. The van der Waals surface area contributed by atoms with Crippen LogP contribution in [0, 0.1) is 0 Å². The van der Waals surface area contributed by atoms with Crippen LogP contribution in [0.5, 0.6) is 0 Å². The molecule has 1 unspecified atom stereocenters. The number of carbonyl (C=O) groups excluding carboxylic acids is 1. The number of hydrogen-bond donors (Lipinski definition) is 2. The summed E-state index contributed by atoms with van der Waals surface area (Å²) in [5.41, 5.74) is 2.28. The smallest absolute Gasteiger partial charge is 0.234 e. The van der Waals surface area contributed by atoms with Crippen LogP contribution in [0.2, 0.25) is 0 Å². The first-order valence-corrected chi connectivity index (χ1v) is 7.10. The van der Waals surface area contributed by atoms with Crippen molar-refractivity contribution in [3.05, 3.63) is 29.3 Å². The third kappa shape index (κ3) is 2.66. The van der Waals surface area contributed by atoms with Gasteiger partial charge in [0.1, 0.15) is 0 Å². The molecule has 2 rings (SSSR count). The van der Waals surface area contributed by atoms with Crippen molar-refractivity contribution in [1.29, 1.82) is 0 Å². The number of benzene rings is 1. The average molecular weight is 261 g/mol. The van der Waals surface area contributed by atoms with E-state index in [1.54, 1.807) is 0 Å². The molecule has 0 aliphatic carbocycles. The lowest BCUT2D eigenvalue weighted by Gasteiger charge is -2.17. The van der Waals surface area contributed by atoms with E-state index >= 15 is 0 Å². The van der Waals surface area contributed by atoms with E-state index in [-0.39, 0.29) is 5.91 Å². The molecule has 1 aromatic carbocycles. The monoisotopic (exact) mass is 261 g/mol. The standard InChI is InChI=1S/C16H23NO2/c1-4-5-6-7-14(18)11-8-9-13-12(10-11)16(2,3)15(19)17-13/h8-10,14,18H,4-7H2,1-3H3,(H,17,19). The molecular weight excluding hydrogens is 238 g/mol. The molecule has 3 nitrogen and oxygen atoms in total. The Kier molecular flexibility index (Phi) is 3.95. The molecule has 19 heavy (non-hydrogen) atoms. The minimum atomic E-state index is -0.505. The molecule has 0 radical (unpaired) electrons. The number of nitrogens with one attached hydrogen (secondary N) is 1. The van der Waals surface area contributed by atoms with Gasteiger partial charge in [-0.3, -0.25) is 4.79 Å². The topological polar surface area (TPSA) is 49.3 Å². The highest BCUT2D eigenvalue weighted by Crippen LogP contribution is 2.38. The SMILES string of the molecule is CCCCCC(O)c1ccc2c(c1)C(C)(C)C(=O)N2. The third-order valence-corrected chi connectivity index (χ3v) is 4.00. The molecule has 0 fully saturated rings. The summed E-state index contributed by atoms with van der Waals surface area (Å²) in [5.74, 6) is 0.0279. The van der Waals surface area contributed by atoms with E-state index in [0.717, 1.165) is 42.5 Å². The van der Waals surface area contributed by atoms with Crippen LogP contribution in [0.15, 0.2) is 18.2 Å². The Balaban J connectivity index is 2.18. The summed E-state index contributed by atoms with van der Waals surface area (Å²) in [5, 5.41) is 13.1. The van der Waals surface area contributed by atoms with Gasteiger partial charge in [-0.15, -0.1) is 0 Å². The molecule has 1 heterocycles. The minimum absolute atomic E-state index is 0.0279. The van der Waals surface area contributed by atoms with Gasteiger partial charge >= 0.3 is 0 Å². The Hall–Kier alpha value is -1.35. The van der Waals surface area contributed by atoms with Crippen LogP contribution in [0.25, 0.3) is 0 Å². The lowest BCUT2D eigenvalue weighted by molar-refractivity contribution is -0.119. The van der Waals surface area contributed by atoms with Gasteiger partial charge in [-0.05, 0) is 37.5 Å².